The van der Waals surface area contributed by atoms with Gasteiger partial charge >= 0.3 is 0 Å². The first-order valence-corrected chi connectivity index (χ1v) is 7.26. The first-order valence-electron chi connectivity index (χ1n) is 6.50. The van der Waals surface area contributed by atoms with E-state index in [1.807, 2.05) is 19.3 Å². The van der Waals surface area contributed by atoms with Crippen molar-refractivity contribution in [2.24, 2.45) is 7.05 Å². The molecule has 0 saturated carbocycles. The van der Waals surface area contributed by atoms with Crippen LogP contribution < -0.4 is 10.1 Å². The van der Waals surface area contributed by atoms with Crippen molar-refractivity contribution in [3.63, 3.8) is 0 Å². The number of aryl methyl sites for hydroxylation is 1. The van der Waals surface area contributed by atoms with E-state index in [1.165, 1.54) is 0 Å². The third kappa shape index (κ3) is 4.89. The predicted octanol–water partition coefficient (Wildman–Crippen LogP) is 2.26. The Kier molecular flexibility index (Phi) is 5.87. The normalized spacial score (nSPS) is 12.4. The molecular weight excluding hydrogens is 313 g/mol. The number of hydrogen-bond acceptors (Lipinski definition) is 4. The molecule has 2 N–H and O–H groups in total. The van der Waals surface area contributed by atoms with Gasteiger partial charge < -0.3 is 15.2 Å². The number of nitrogens with zero attached hydrogens (tertiary/aromatic N) is 2. The topological polar surface area (TPSA) is 59.3 Å². The quantitative estimate of drug-likeness (QED) is 0.818. The summed E-state index contributed by atoms with van der Waals surface area (Å²) >= 11 is 12.0. The zero-order chi connectivity index (χ0) is 15.2. The van der Waals surface area contributed by atoms with Crippen LogP contribution >= 0.6 is 23.2 Å². The fourth-order valence-corrected chi connectivity index (χ4v) is 2.29. The minimum absolute atomic E-state index is 0.110. The number of benzene rings is 1. The molecule has 0 aliphatic heterocycles. The summed E-state index contributed by atoms with van der Waals surface area (Å²) in [5, 5.41) is 18.1. The Balaban J connectivity index is 1.73. The maximum Gasteiger partial charge on any atom is 0.156 e. The predicted molar refractivity (Wildman–Crippen MR) is 82.9 cm³/mol. The van der Waals surface area contributed by atoms with E-state index in [1.54, 1.807) is 22.9 Å². The second-order valence-electron chi connectivity index (χ2n) is 4.63. The van der Waals surface area contributed by atoms with Crippen LogP contribution in [0.3, 0.4) is 0 Å². The van der Waals surface area contributed by atoms with Crippen molar-refractivity contribution in [3.8, 4) is 5.75 Å². The molecule has 0 fully saturated rings. The zero-order valence-electron chi connectivity index (χ0n) is 11.6. The Morgan fingerprint density at radius 2 is 2.05 bits per heavy atom. The molecule has 1 unspecified atom stereocenters. The van der Waals surface area contributed by atoms with Crippen molar-refractivity contribution in [2.45, 2.75) is 12.6 Å². The summed E-state index contributed by atoms with van der Waals surface area (Å²) < 4.78 is 7.19. The minimum atomic E-state index is -0.666. The largest absolute Gasteiger partial charge is 0.488 e. The van der Waals surface area contributed by atoms with Crippen molar-refractivity contribution >= 4 is 23.2 Å². The average molecular weight is 330 g/mol. The van der Waals surface area contributed by atoms with Gasteiger partial charge in [-0.25, -0.2) is 0 Å². The van der Waals surface area contributed by atoms with Crippen LogP contribution in [0, 0.1) is 0 Å². The molecule has 1 atom stereocenters. The van der Waals surface area contributed by atoms with Crippen LogP contribution in [0.15, 0.2) is 30.5 Å². The van der Waals surface area contributed by atoms with E-state index >= 15 is 0 Å². The number of hydrogen-bond donors (Lipinski definition) is 2. The molecule has 114 valence electrons. The summed E-state index contributed by atoms with van der Waals surface area (Å²) in [5.74, 6) is 0.393. The van der Waals surface area contributed by atoms with E-state index in [4.69, 9.17) is 27.9 Å². The second-order valence-corrected chi connectivity index (χ2v) is 5.44. The first kappa shape index (κ1) is 16.1. The van der Waals surface area contributed by atoms with Gasteiger partial charge in [0.15, 0.2) is 5.75 Å². The smallest absolute Gasteiger partial charge is 0.156 e. The average Bonchev–Trinajstić information content (AvgIpc) is 2.84. The van der Waals surface area contributed by atoms with Crippen molar-refractivity contribution in [2.75, 3.05) is 13.2 Å². The fraction of sp³-hybridized carbons (Fsp3) is 0.357. The Bertz CT molecular complexity index is 569. The van der Waals surface area contributed by atoms with Gasteiger partial charge in [-0.3, -0.25) is 4.68 Å². The molecule has 0 spiro atoms. The molecule has 0 radical (unpaired) electrons. The highest BCUT2D eigenvalue weighted by molar-refractivity contribution is 6.37. The Morgan fingerprint density at radius 3 is 2.67 bits per heavy atom. The van der Waals surface area contributed by atoms with Gasteiger partial charge in [0.05, 0.1) is 15.7 Å². The van der Waals surface area contributed by atoms with Crippen LogP contribution in [-0.4, -0.2) is 34.1 Å². The number of nitrogens with one attached hydrogen (secondary N) is 1. The lowest BCUT2D eigenvalue weighted by Gasteiger charge is -2.14. The number of para-hydroxylation sites is 1. The molecule has 2 rings (SSSR count). The molecule has 1 heterocycles. The zero-order valence-corrected chi connectivity index (χ0v) is 13.1. The van der Waals surface area contributed by atoms with E-state index in [-0.39, 0.29) is 6.61 Å². The fourth-order valence-electron chi connectivity index (χ4n) is 1.78. The summed E-state index contributed by atoms with van der Waals surface area (Å²) in [4.78, 5) is 0. The van der Waals surface area contributed by atoms with Crippen LogP contribution in [0.2, 0.25) is 10.0 Å². The van der Waals surface area contributed by atoms with Crippen LogP contribution in [0.1, 0.15) is 5.69 Å². The highest BCUT2D eigenvalue weighted by Gasteiger charge is 2.10. The molecule has 0 aliphatic rings. The maximum atomic E-state index is 9.88. The molecule has 1 aromatic heterocycles. The lowest BCUT2D eigenvalue weighted by Crippen LogP contribution is -2.31. The summed E-state index contributed by atoms with van der Waals surface area (Å²) in [6.45, 7) is 1.09. The van der Waals surface area contributed by atoms with Gasteiger partial charge in [-0.1, -0.05) is 29.3 Å². The summed E-state index contributed by atoms with van der Waals surface area (Å²) in [7, 11) is 1.86. The van der Waals surface area contributed by atoms with Gasteiger partial charge in [-0.2, -0.15) is 5.10 Å². The number of ether oxygens (including phenoxy) is 1. The number of aliphatic hydroxyl groups excluding tert-OH is 1. The molecule has 0 aliphatic carbocycles. The maximum absolute atomic E-state index is 9.88. The van der Waals surface area contributed by atoms with Gasteiger partial charge in [0.1, 0.15) is 12.7 Å². The number of halogens is 2. The lowest BCUT2D eigenvalue weighted by atomic mass is 10.3. The van der Waals surface area contributed by atoms with E-state index in [2.05, 4.69) is 10.4 Å². The number of aliphatic hydroxyl groups is 1. The Labute approximate surface area is 133 Å². The number of aromatic nitrogens is 2. The molecular formula is C14H17Cl2N3O2. The summed E-state index contributed by atoms with van der Waals surface area (Å²) in [5.41, 5.74) is 0.916. The van der Waals surface area contributed by atoms with Crippen molar-refractivity contribution in [3.05, 3.63) is 46.2 Å². The van der Waals surface area contributed by atoms with E-state index in [9.17, 15) is 5.11 Å². The SMILES string of the molecule is Cn1ccc(CNCC(O)COc2c(Cl)cccc2Cl)n1. The summed E-state index contributed by atoms with van der Waals surface area (Å²) in [6.07, 6.45) is 1.21. The molecule has 0 saturated heterocycles. The second kappa shape index (κ2) is 7.66. The van der Waals surface area contributed by atoms with Crippen molar-refractivity contribution in [1.82, 2.24) is 15.1 Å². The van der Waals surface area contributed by atoms with Gasteiger partial charge in [0.2, 0.25) is 0 Å². The van der Waals surface area contributed by atoms with Crippen LogP contribution in [0.25, 0.3) is 0 Å². The first-order chi connectivity index (χ1) is 10.1. The Morgan fingerprint density at radius 1 is 1.33 bits per heavy atom. The molecule has 1 aromatic carbocycles. The third-order valence-corrected chi connectivity index (χ3v) is 3.39. The van der Waals surface area contributed by atoms with Gasteiger partial charge in [0.25, 0.3) is 0 Å². The molecule has 21 heavy (non-hydrogen) atoms. The number of rotatable bonds is 7. The molecule has 0 amide bonds. The molecule has 7 heteroatoms. The van der Waals surface area contributed by atoms with Crippen LogP contribution in [0.5, 0.6) is 5.75 Å². The summed E-state index contributed by atoms with van der Waals surface area (Å²) in [6, 6.07) is 7.03. The monoisotopic (exact) mass is 329 g/mol. The van der Waals surface area contributed by atoms with Gasteiger partial charge in [0, 0.05) is 26.3 Å². The highest BCUT2D eigenvalue weighted by Crippen LogP contribution is 2.32. The van der Waals surface area contributed by atoms with E-state index < -0.39 is 6.10 Å². The third-order valence-electron chi connectivity index (χ3n) is 2.79. The molecule has 5 nitrogen and oxygen atoms in total. The highest BCUT2D eigenvalue weighted by atomic mass is 35.5. The Hall–Kier alpha value is -1.27. The standard InChI is InChI=1S/C14H17Cl2N3O2/c1-19-6-5-10(18-19)7-17-8-11(20)9-21-14-12(15)3-2-4-13(14)16/h2-6,11,17,20H,7-9H2,1H3. The van der Waals surface area contributed by atoms with Gasteiger partial charge in [-0.05, 0) is 18.2 Å². The van der Waals surface area contributed by atoms with Gasteiger partial charge in [-0.15, -0.1) is 0 Å². The van der Waals surface area contributed by atoms with E-state index in [0.717, 1.165) is 5.69 Å². The minimum Gasteiger partial charge on any atom is -0.488 e. The lowest BCUT2D eigenvalue weighted by molar-refractivity contribution is 0.106. The van der Waals surface area contributed by atoms with Crippen molar-refractivity contribution in [1.29, 1.82) is 0 Å². The van der Waals surface area contributed by atoms with Crippen LogP contribution in [0.4, 0.5) is 0 Å². The van der Waals surface area contributed by atoms with E-state index in [0.29, 0.717) is 28.9 Å². The molecule has 0 bridgehead atoms. The van der Waals surface area contributed by atoms with Crippen molar-refractivity contribution < 1.29 is 9.84 Å². The molecule has 2 aromatic rings. The van der Waals surface area contributed by atoms with Crippen LogP contribution in [-0.2, 0) is 13.6 Å².